The topological polar surface area (TPSA) is 85.0 Å². The predicted molar refractivity (Wildman–Crippen MR) is 89.4 cm³/mol. The third-order valence-corrected chi connectivity index (χ3v) is 4.52. The maximum absolute atomic E-state index is 12.4. The molecule has 2 atom stereocenters. The van der Waals surface area contributed by atoms with Gasteiger partial charge in [-0.1, -0.05) is 13.8 Å². The van der Waals surface area contributed by atoms with Gasteiger partial charge in [-0.2, -0.15) is 0 Å². The molecule has 0 bridgehead atoms. The standard InChI is InChI=1S/C17H25N5O2/c1-10-6-12-13(7-17(3,4)8-14(12)24-10)20-16(23)19-11(2)15-21-18-9-22(15)5/h6,9,11,13H,7-8H2,1-5H3,(H2,19,20,23)/t11-,13-/m0/s1. The van der Waals surface area contributed by atoms with Gasteiger partial charge >= 0.3 is 6.03 Å². The molecule has 0 spiro atoms. The number of aromatic nitrogens is 3. The van der Waals surface area contributed by atoms with Crippen LogP contribution in [0, 0.1) is 12.3 Å². The van der Waals surface area contributed by atoms with E-state index in [4.69, 9.17) is 4.42 Å². The van der Waals surface area contributed by atoms with Crippen LogP contribution in [0.15, 0.2) is 16.8 Å². The Balaban J connectivity index is 1.71. The average molecular weight is 331 g/mol. The molecule has 0 aromatic carbocycles. The minimum Gasteiger partial charge on any atom is -0.466 e. The molecule has 130 valence electrons. The molecule has 0 saturated heterocycles. The SMILES string of the molecule is Cc1cc2c(o1)CC(C)(C)C[C@@H]2NC(=O)N[C@@H](C)c1nncn1C. The highest BCUT2D eigenvalue weighted by atomic mass is 16.3. The largest absolute Gasteiger partial charge is 0.466 e. The molecule has 24 heavy (non-hydrogen) atoms. The maximum atomic E-state index is 12.4. The molecule has 2 heterocycles. The summed E-state index contributed by atoms with van der Waals surface area (Å²) in [6, 6.07) is 1.55. The first-order chi connectivity index (χ1) is 11.2. The van der Waals surface area contributed by atoms with Crippen molar-refractivity contribution in [2.45, 2.75) is 52.6 Å². The van der Waals surface area contributed by atoms with Crippen LogP contribution in [-0.2, 0) is 13.5 Å². The van der Waals surface area contributed by atoms with Crippen molar-refractivity contribution in [3.63, 3.8) is 0 Å². The number of fused-ring (bicyclic) bond motifs is 1. The Bertz CT molecular complexity index is 746. The van der Waals surface area contributed by atoms with Gasteiger partial charge in [0.05, 0.1) is 12.1 Å². The van der Waals surface area contributed by atoms with Gasteiger partial charge in [0.1, 0.15) is 17.8 Å². The first-order valence-electron chi connectivity index (χ1n) is 8.25. The van der Waals surface area contributed by atoms with Crippen LogP contribution in [0.25, 0.3) is 0 Å². The first kappa shape index (κ1) is 16.5. The highest BCUT2D eigenvalue weighted by molar-refractivity contribution is 5.75. The molecule has 0 fully saturated rings. The van der Waals surface area contributed by atoms with E-state index in [0.717, 1.165) is 29.9 Å². The van der Waals surface area contributed by atoms with Crippen molar-refractivity contribution in [3.05, 3.63) is 35.3 Å². The number of carbonyl (C=O) groups excluding carboxylic acids is 1. The van der Waals surface area contributed by atoms with Gasteiger partial charge in [-0.3, -0.25) is 0 Å². The monoisotopic (exact) mass is 331 g/mol. The number of amides is 2. The number of carbonyl (C=O) groups is 1. The minimum absolute atomic E-state index is 0.0482. The number of rotatable bonds is 3. The summed E-state index contributed by atoms with van der Waals surface area (Å²) in [4.78, 5) is 12.4. The van der Waals surface area contributed by atoms with Crippen LogP contribution in [0.5, 0.6) is 0 Å². The van der Waals surface area contributed by atoms with Crippen LogP contribution in [0.4, 0.5) is 4.79 Å². The fourth-order valence-corrected chi connectivity index (χ4v) is 3.46. The molecule has 0 unspecified atom stereocenters. The summed E-state index contributed by atoms with van der Waals surface area (Å²) in [6.07, 6.45) is 3.39. The molecule has 2 amide bonds. The molecule has 0 aliphatic heterocycles. The summed E-state index contributed by atoms with van der Waals surface area (Å²) in [7, 11) is 1.86. The number of hydrogen-bond donors (Lipinski definition) is 2. The second-order valence-electron chi connectivity index (χ2n) is 7.47. The van der Waals surface area contributed by atoms with Gasteiger partial charge in [-0.15, -0.1) is 10.2 Å². The lowest BCUT2D eigenvalue weighted by Crippen LogP contribution is -2.42. The maximum Gasteiger partial charge on any atom is 0.315 e. The molecule has 2 aromatic heterocycles. The van der Waals surface area contributed by atoms with E-state index in [9.17, 15) is 4.79 Å². The number of nitrogens with one attached hydrogen (secondary N) is 2. The summed E-state index contributed by atoms with van der Waals surface area (Å²) in [5, 5.41) is 13.9. The minimum atomic E-state index is -0.223. The lowest BCUT2D eigenvalue weighted by molar-refractivity contribution is 0.212. The zero-order valence-corrected chi connectivity index (χ0v) is 14.9. The van der Waals surface area contributed by atoms with E-state index in [1.54, 1.807) is 10.9 Å². The molecule has 0 saturated carbocycles. The Morgan fingerprint density at radius 1 is 1.50 bits per heavy atom. The van der Waals surface area contributed by atoms with Crippen molar-refractivity contribution in [2.75, 3.05) is 0 Å². The molecule has 2 aromatic rings. The Morgan fingerprint density at radius 3 is 2.92 bits per heavy atom. The lowest BCUT2D eigenvalue weighted by atomic mass is 9.75. The number of nitrogens with zero attached hydrogens (tertiary/aromatic N) is 3. The normalized spacial score (nSPS) is 20.3. The van der Waals surface area contributed by atoms with E-state index < -0.39 is 0 Å². The van der Waals surface area contributed by atoms with Gasteiger partial charge in [0.2, 0.25) is 0 Å². The van der Waals surface area contributed by atoms with Crippen LogP contribution >= 0.6 is 0 Å². The summed E-state index contributed by atoms with van der Waals surface area (Å²) in [6.45, 7) is 8.23. The fourth-order valence-electron chi connectivity index (χ4n) is 3.46. The number of hydrogen-bond acceptors (Lipinski definition) is 4. The molecule has 0 radical (unpaired) electrons. The molecule has 7 nitrogen and oxygen atoms in total. The summed E-state index contributed by atoms with van der Waals surface area (Å²) in [5.74, 6) is 2.58. The number of aryl methyl sites for hydroxylation is 2. The van der Waals surface area contributed by atoms with Crippen molar-refractivity contribution in [2.24, 2.45) is 12.5 Å². The van der Waals surface area contributed by atoms with Crippen molar-refractivity contribution < 1.29 is 9.21 Å². The lowest BCUT2D eigenvalue weighted by Gasteiger charge is -2.34. The van der Waals surface area contributed by atoms with Gasteiger partial charge < -0.3 is 19.6 Å². The second-order valence-corrected chi connectivity index (χ2v) is 7.47. The Kier molecular flexibility index (Phi) is 4.11. The van der Waals surface area contributed by atoms with Crippen LogP contribution < -0.4 is 10.6 Å². The molecule has 7 heteroatoms. The molecule has 1 aliphatic carbocycles. The van der Waals surface area contributed by atoms with Gasteiger partial charge in [-0.25, -0.2) is 4.79 Å². The summed E-state index contributed by atoms with van der Waals surface area (Å²) < 4.78 is 7.61. The van der Waals surface area contributed by atoms with Gasteiger partial charge in [0.25, 0.3) is 0 Å². The fraction of sp³-hybridized carbons (Fsp3) is 0.588. The van der Waals surface area contributed by atoms with E-state index in [0.29, 0.717) is 5.82 Å². The van der Waals surface area contributed by atoms with Gasteiger partial charge in [-0.05, 0) is 31.7 Å². The zero-order chi connectivity index (χ0) is 17.5. The van der Waals surface area contributed by atoms with E-state index in [-0.39, 0.29) is 23.5 Å². The quantitative estimate of drug-likeness (QED) is 0.905. The molecular formula is C17H25N5O2. The van der Waals surface area contributed by atoms with Crippen LogP contribution in [0.2, 0.25) is 0 Å². The van der Waals surface area contributed by atoms with E-state index >= 15 is 0 Å². The van der Waals surface area contributed by atoms with Crippen molar-refractivity contribution in [3.8, 4) is 0 Å². The highest BCUT2D eigenvalue weighted by Gasteiger charge is 2.35. The first-order valence-corrected chi connectivity index (χ1v) is 8.25. The van der Waals surface area contributed by atoms with Crippen LogP contribution in [0.1, 0.15) is 62.2 Å². The van der Waals surface area contributed by atoms with Crippen LogP contribution in [-0.4, -0.2) is 20.8 Å². The summed E-state index contributed by atoms with van der Waals surface area (Å²) in [5.41, 5.74) is 1.18. The van der Waals surface area contributed by atoms with E-state index in [1.165, 1.54) is 0 Å². The molecule has 3 rings (SSSR count). The average Bonchev–Trinajstić information content (AvgIpc) is 3.02. The molecule has 1 aliphatic rings. The summed E-state index contributed by atoms with van der Waals surface area (Å²) >= 11 is 0. The molecular weight excluding hydrogens is 306 g/mol. The van der Waals surface area contributed by atoms with Crippen molar-refractivity contribution >= 4 is 6.03 Å². The van der Waals surface area contributed by atoms with E-state index in [2.05, 4.69) is 34.7 Å². The third-order valence-electron chi connectivity index (χ3n) is 4.52. The second kappa shape index (κ2) is 5.96. The van der Waals surface area contributed by atoms with Crippen molar-refractivity contribution in [1.82, 2.24) is 25.4 Å². The third kappa shape index (κ3) is 3.29. The predicted octanol–water partition coefficient (Wildman–Crippen LogP) is 2.79. The van der Waals surface area contributed by atoms with Gasteiger partial charge in [0.15, 0.2) is 5.82 Å². The zero-order valence-electron chi connectivity index (χ0n) is 14.9. The number of furan rings is 1. The Hall–Kier alpha value is -2.31. The van der Waals surface area contributed by atoms with Crippen molar-refractivity contribution in [1.29, 1.82) is 0 Å². The van der Waals surface area contributed by atoms with Crippen LogP contribution in [0.3, 0.4) is 0 Å². The molecule has 2 N–H and O–H groups in total. The number of urea groups is 1. The Morgan fingerprint density at radius 2 is 2.25 bits per heavy atom. The van der Waals surface area contributed by atoms with E-state index in [1.807, 2.05) is 27.0 Å². The smallest absolute Gasteiger partial charge is 0.315 e. The highest BCUT2D eigenvalue weighted by Crippen LogP contribution is 2.41. The Labute approximate surface area is 141 Å². The van der Waals surface area contributed by atoms with Gasteiger partial charge in [0, 0.05) is 19.0 Å².